The number of aliphatic carboxylic acids is 1. The van der Waals surface area contributed by atoms with Crippen LogP contribution in [0, 0.1) is 11.3 Å². The molecule has 0 aromatic rings. The number of aliphatic hydroxyl groups excluding tert-OH is 1. The molecule has 0 spiro atoms. The van der Waals surface area contributed by atoms with Crippen molar-refractivity contribution in [3.05, 3.63) is 11.6 Å². The van der Waals surface area contributed by atoms with Crippen LogP contribution < -0.4 is 0 Å². The average Bonchev–Trinajstić information content (AvgIpc) is 2.94. The van der Waals surface area contributed by atoms with Gasteiger partial charge in [0, 0.05) is 12.3 Å². The summed E-state index contributed by atoms with van der Waals surface area (Å²) in [5, 5.41) is 30.1. The highest BCUT2D eigenvalue weighted by atomic mass is 16.4. The number of unbranched alkanes of at least 4 members (excludes halogenated alkanes) is 4. The van der Waals surface area contributed by atoms with E-state index >= 15 is 0 Å². The third kappa shape index (κ3) is 7.95. The van der Waals surface area contributed by atoms with Crippen molar-refractivity contribution in [1.82, 2.24) is 0 Å². The highest BCUT2D eigenvalue weighted by molar-refractivity contribution is 5.66. The molecule has 1 rings (SSSR count). The maximum atomic E-state index is 11.0. The standard InChI is InChI=1S/C23H42O4/c1-5-6-16-22(2,3)23(4,27)17-15-18-13-14-20(24)19(18)11-9-7-8-10-12-21(25)26/h15,19-20,24,27H,5-14,16-17H2,1-4H3,(H,25,26)/t19-,20-,23?/m1/s1. The van der Waals surface area contributed by atoms with Gasteiger partial charge in [0.15, 0.2) is 0 Å². The highest BCUT2D eigenvalue weighted by Gasteiger charge is 2.38. The average molecular weight is 383 g/mol. The fraction of sp³-hybridized carbons (Fsp3) is 0.870. The van der Waals surface area contributed by atoms with E-state index < -0.39 is 11.6 Å². The molecule has 0 aliphatic heterocycles. The van der Waals surface area contributed by atoms with Gasteiger partial charge in [0.2, 0.25) is 0 Å². The zero-order valence-corrected chi connectivity index (χ0v) is 18.0. The molecule has 4 nitrogen and oxygen atoms in total. The molecule has 0 saturated heterocycles. The van der Waals surface area contributed by atoms with E-state index in [1.807, 2.05) is 6.92 Å². The first kappa shape index (κ1) is 24.2. The summed E-state index contributed by atoms with van der Waals surface area (Å²) in [6, 6.07) is 0. The van der Waals surface area contributed by atoms with Gasteiger partial charge in [-0.2, -0.15) is 0 Å². The predicted molar refractivity (Wildman–Crippen MR) is 111 cm³/mol. The van der Waals surface area contributed by atoms with E-state index in [9.17, 15) is 15.0 Å². The first-order valence-corrected chi connectivity index (χ1v) is 10.9. The van der Waals surface area contributed by atoms with Crippen LogP contribution in [-0.2, 0) is 4.79 Å². The lowest BCUT2D eigenvalue weighted by atomic mass is 9.70. The van der Waals surface area contributed by atoms with Crippen LogP contribution in [0.5, 0.6) is 0 Å². The molecule has 0 bridgehead atoms. The van der Waals surface area contributed by atoms with Gasteiger partial charge < -0.3 is 15.3 Å². The van der Waals surface area contributed by atoms with E-state index in [-0.39, 0.29) is 23.9 Å². The smallest absolute Gasteiger partial charge is 0.303 e. The van der Waals surface area contributed by atoms with Crippen LogP contribution in [0.4, 0.5) is 0 Å². The zero-order valence-electron chi connectivity index (χ0n) is 18.0. The first-order chi connectivity index (χ1) is 12.6. The topological polar surface area (TPSA) is 77.8 Å². The summed E-state index contributed by atoms with van der Waals surface area (Å²) >= 11 is 0. The van der Waals surface area contributed by atoms with Gasteiger partial charge in [-0.15, -0.1) is 0 Å². The lowest BCUT2D eigenvalue weighted by molar-refractivity contribution is -0.137. The molecule has 3 N–H and O–H groups in total. The second-order valence-electron chi connectivity index (χ2n) is 9.30. The molecule has 1 unspecified atom stereocenters. The summed E-state index contributed by atoms with van der Waals surface area (Å²) in [5.74, 6) is -0.514. The second kappa shape index (κ2) is 11.2. The van der Waals surface area contributed by atoms with E-state index in [1.54, 1.807) is 0 Å². The lowest BCUT2D eigenvalue weighted by Gasteiger charge is -2.40. The maximum Gasteiger partial charge on any atom is 0.303 e. The van der Waals surface area contributed by atoms with Crippen LogP contribution in [0.3, 0.4) is 0 Å². The summed E-state index contributed by atoms with van der Waals surface area (Å²) in [7, 11) is 0. The van der Waals surface area contributed by atoms with Crippen LogP contribution in [0.2, 0.25) is 0 Å². The van der Waals surface area contributed by atoms with Crippen molar-refractivity contribution in [2.45, 2.75) is 116 Å². The van der Waals surface area contributed by atoms with Gasteiger partial charge in [0.05, 0.1) is 11.7 Å². The minimum atomic E-state index is -0.746. The van der Waals surface area contributed by atoms with Crippen molar-refractivity contribution in [2.75, 3.05) is 0 Å². The Kier molecular flexibility index (Phi) is 10.0. The molecule has 1 saturated carbocycles. The Balaban J connectivity index is 2.54. The molecule has 0 amide bonds. The van der Waals surface area contributed by atoms with Gasteiger partial charge in [0.1, 0.15) is 0 Å². The lowest BCUT2D eigenvalue weighted by Crippen LogP contribution is -2.41. The minimum Gasteiger partial charge on any atom is -0.481 e. The highest BCUT2D eigenvalue weighted by Crippen LogP contribution is 2.41. The van der Waals surface area contributed by atoms with Gasteiger partial charge >= 0.3 is 5.97 Å². The number of carboxylic acid groups (broad SMARTS) is 1. The van der Waals surface area contributed by atoms with Crippen molar-refractivity contribution >= 4 is 5.97 Å². The largest absolute Gasteiger partial charge is 0.481 e. The molecule has 158 valence electrons. The number of carboxylic acids is 1. The number of hydrogen-bond donors (Lipinski definition) is 3. The van der Waals surface area contributed by atoms with Gasteiger partial charge in [-0.25, -0.2) is 0 Å². The number of aliphatic hydroxyl groups is 2. The Morgan fingerprint density at radius 3 is 2.44 bits per heavy atom. The van der Waals surface area contributed by atoms with Crippen LogP contribution in [0.15, 0.2) is 11.6 Å². The van der Waals surface area contributed by atoms with Crippen LogP contribution in [-0.4, -0.2) is 33.0 Å². The van der Waals surface area contributed by atoms with E-state index in [0.29, 0.717) is 6.42 Å². The summed E-state index contributed by atoms with van der Waals surface area (Å²) in [5.41, 5.74) is 0.431. The summed E-state index contributed by atoms with van der Waals surface area (Å²) < 4.78 is 0. The van der Waals surface area contributed by atoms with Gasteiger partial charge in [0.25, 0.3) is 0 Å². The Morgan fingerprint density at radius 2 is 1.81 bits per heavy atom. The molecule has 1 fully saturated rings. The summed E-state index contributed by atoms with van der Waals surface area (Å²) in [4.78, 5) is 10.5. The molecule has 1 aliphatic carbocycles. The Morgan fingerprint density at radius 1 is 1.15 bits per heavy atom. The maximum absolute atomic E-state index is 11.0. The molecule has 27 heavy (non-hydrogen) atoms. The quantitative estimate of drug-likeness (QED) is 0.292. The molecular weight excluding hydrogens is 340 g/mol. The molecule has 0 aromatic heterocycles. The minimum absolute atomic E-state index is 0.128. The first-order valence-electron chi connectivity index (χ1n) is 10.9. The summed E-state index contributed by atoms with van der Waals surface area (Å²) in [6.07, 6.45) is 12.5. The SMILES string of the molecule is CCCCC(C)(C)C(C)(O)CC=C1CC[C@@H](O)[C@@H]1CCCCCCC(=O)O. The van der Waals surface area contributed by atoms with Crippen LogP contribution in [0.25, 0.3) is 0 Å². The van der Waals surface area contributed by atoms with Crippen LogP contribution in [0.1, 0.15) is 105 Å². The van der Waals surface area contributed by atoms with Crippen LogP contribution >= 0.6 is 0 Å². The normalized spacial score (nSPS) is 24.3. The van der Waals surface area contributed by atoms with Crippen molar-refractivity contribution < 1.29 is 20.1 Å². The van der Waals surface area contributed by atoms with E-state index in [4.69, 9.17) is 5.11 Å². The van der Waals surface area contributed by atoms with Gasteiger partial charge in [-0.1, -0.05) is 64.5 Å². The van der Waals surface area contributed by atoms with E-state index in [0.717, 1.165) is 64.2 Å². The van der Waals surface area contributed by atoms with Crippen molar-refractivity contribution in [2.24, 2.45) is 11.3 Å². The molecule has 0 heterocycles. The number of hydrogen-bond acceptors (Lipinski definition) is 3. The number of rotatable bonds is 13. The summed E-state index contributed by atoms with van der Waals surface area (Å²) in [6.45, 7) is 8.43. The Labute approximate surface area is 166 Å². The second-order valence-corrected chi connectivity index (χ2v) is 9.30. The number of carbonyl (C=O) groups is 1. The third-order valence-corrected chi connectivity index (χ3v) is 6.70. The van der Waals surface area contributed by atoms with Gasteiger partial charge in [-0.3, -0.25) is 4.79 Å². The van der Waals surface area contributed by atoms with Crippen molar-refractivity contribution in [3.63, 3.8) is 0 Å². The van der Waals surface area contributed by atoms with E-state index in [1.165, 1.54) is 5.57 Å². The molecule has 1 aliphatic rings. The van der Waals surface area contributed by atoms with E-state index in [2.05, 4.69) is 26.8 Å². The molecule has 3 atom stereocenters. The molecule has 0 aromatic carbocycles. The third-order valence-electron chi connectivity index (χ3n) is 6.70. The molecule has 0 radical (unpaired) electrons. The fourth-order valence-electron chi connectivity index (χ4n) is 4.07. The van der Waals surface area contributed by atoms with Gasteiger partial charge in [-0.05, 0) is 50.9 Å². The predicted octanol–water partition coefficient (Wildman–Crippen LogP) is 5.47. The Bertz CT molecular complexity index is 479. The zero-order chi connectivity index (χ0) is 20.5. The van der Waals surface area contributed by atoms with Crippen molar-refractivity contribution in [1.29, 1.82) is 0 Å². The molecule has 4 heteroatoms. The fourth-order valence-corrected chi connectivity index (χ4v) is 4.07. The monoisotopic (exact) mass is 382 g/mol. The molecular formula is C23H42O4. The Hall–Kier alpha value is -0.870. The van der Waals surface area contributed by atoms with Crippen molar-refractivity contribution in [3.8, 4) is 0 Å².